The molecule has 184 valence electrons. The minimum Gasteiger partial charge on any atom is -0.490 e. The highest BCUT2D eigenvalue weighted by molar-refractivity contribution is 9.10. The van der Waals surface area contributed by atoms with Gasteiger partial charge in [-0.1, -0.05) is 71.8 Å². The number of piperazine rings is 1. The van der Waals surface area contributed by atoms with Gasteiger partial charge in [-0.2, -0.15) is 0 Å². The van der Waals surface area contributed by atoms with Crippen LogP contribution in [0.25, 0.3) is 0 Å². The third kappa shape index (κ3) is 6.89. The molecule has 4 nitrogen and oxygen atoms in total. The summed E-state index contributed by atoms with van der Waals surface area (Å²) in [4.78, 5) is 5.55. The van der Waals surface area contributed by atoms with E-state index in [4.69, 9.17) is 44.9 Å². The Balaban J connectivity index is 1.43. The van der Waals surface area contributed by atoms with Crippen LogP contribution in [0.2, 0.25) is 10.0 Å². The van der Waals surface area contributed by atoms with Gasteiger partial charge in [0.15, 0.2) is 11.5 Å². The van der Waals surface area contributed by atoms with Crippen molar-refractivity contribution >= 4 is 56.3 Å². The molecule has 0 saturated carbocycles. The molecule has 1 aliphatic heterocycles. The van der Waals surface area contributed by atoms with E-state index in [-0.39, 0.29) is 0 Å². The number of thiocarbonyl (C=S) groups is 1. The number of ether oxygens (including phenoxy) is 2. The smallest absolute Gasteiger partial charge is 0.175 e. The van der Waals surface area contributed by atoms with Crippen LogP contribution in [-0.2, 0) is 13.2 Å². The Morgan fingerprint density at radius 2 is 1.71 bits per heavy atom. The number of rotatable bonds is 8. The summed E-state index contributed by atoms with van der Waals surface area (Å²) < 4.78 is 12.8. The van der Waals surface area contributed by atoms with E-state index in [0.717, 1.165) is 53.3 Å². The molecule has 35 heavy (non-hydrogen) atoms. The second kappa shape index (κ2) is 12.4. The molecule has 0 atom stereocenters. The number of hydrogen-bond acceptors (Lipinski definition) is 4. The first kappa shape index (κ1) is 26.2. The van der Waals surface area contributed by atoms with Crippen LogP contribution in [0.4, 0.5) is 0 Å². The molecule has 1 saturated heterocycles. The first-order valence-corrected chi connectivity index (χ1v) is 13.5. The van der Waals surface area contributed by atoms with Gasteiger partial charge in [0.05, 0.1) is 11.1 Å². The number of hydrogen-bond donors (Lipinski definition) is 0. The van der Waals surface area contributed by atoms with E-state index >= 15 is 0 Å². The predicted octanol–water partition coefficient (Wildman–Crippen LogP) is 7.23. The molecule has 0 spiro atoms. The Bertz CT molecular complexity index is 1170. The lowest BCUT2D eigenvalue weighted by atomic mass is 10.1. The van der Waals surface area contributed by atoms with Crippen LogP contribution >= 0.6 is 51.3 Å². The number of benzene rings is 3. The molecule has 1 aliphatic rings. The Kier molecular flexibility index (Phi) is 9.31. The summed E-state index contributed by atoms with van der Waals surface area (Å²) in [6, 6.07) is 19.9. The Hall–Kier alpha value is -1.83. The van der Waals surface area contributed by atoms with E-state index in [9.17, 15) is 0 Å². The standard InChI is InChI=1S/C27H27BrCl2N2O2S/c1-2-33-25-15-21(14-23(28)26(25)34-18-20-8-9-22(29)16-24(20)30)27(35)32-12-10-31(11-13-32)17-19-6-4-3-5-7-19/h3-9,14-16H,2,10-13,17-18H2,1H3. The number of nitrogens with zero attached hydrogens (tertiary/aromatic N) is 2. The highest BCUT2D eigenvalue weighted by Crippen LogP contribution is 2.38. The summed E-state index contributed by atoms with van der Waals surface area (Å²) in [7, 11) is 0. The van der Waals surface area contributed by atoms with Gasteiger partial charge in [-0.15, -0.1) is 0 Å². The molecule has 1 heterocycles. The predicted molar refractivity (Wildman–Crippen MR) is 151 cm³/mol. The SMILES string of the molecule is CCOc1cc(C(=S)N2CCN(Cc3ccccc3)CC2)cc(Br)c1OCc1ccc(Cl)cc1Cl. The van der Waals surface area contributed by atoms with Crippen molar-refractivity contribution in [1.29, 1.82) is 0 Å². The monoisotopic (exact) mass is 592 g/mol. The molecule has 3 aromatic carbocycles. The summed E-state index contributed by atoms with van der Waals surface area (Å²) in [6.45, 7) is 7.44. The van der Waals surface area contributed by atoms with Crippen molar-refractivity contribution in [2.45, 2.75) is 20.1 Å². The lowest BCUT2D eigenvalue weighted by Crippen LogP contribution is -2.48. The molecule has 0 aliphatic carbocycles. The van der Waals surface area contributed by atoms with Crippen LogP contribution in [0.1, 0.15) is 23.6 Å². The fourth-order valence-electron chi connectivity index (χ4n) is 4.02. The molecule has 0 bridgehead atoms. The van der Waals surface area contributed by atoms with Crippen molar-refractivity contribution in [3.8, 4) is 11.5 Å². The highest BCUT2D eigenvalue weighted by Gasteiger charge is 2.22. The van der Waals surface area contributed by atoms with Crippen molar-refractivity contribution in [2.24, 2.45) is 0 Å². The zero-order valence-electron chi connectivity index (χ0n) is 19.5. The van der Waals surface area contributed by atoms with Gasteiger partial charge in [-0.25, -0.2) is 0 Å². The van der Waals surface area contributed by atoms with Gasteiger partial charge in [-0.05, 0) is 52.7 Å². The van der Waals surface area contributed by atoms with Crippen molar-refractivity contribution in [2.75, 3.05) is 32.8 Å². The molecule has 0 unspecified atom stereocenters. The molecule has 0 radical (unpaired) electrons. The van der Waals surface area contributed by atoms with Crippen molar-refractivity contribution in [1.82, 2.24) is 9.80 Å². The summed E-state index contributed by atoms with van der Waals surface area (Å²) in [5.74, 6) is 1.27. The van der Waals surface area contributed by atoms with Crippen LogP contribution < -0.4 is 9.47 Å². The molecular formula is C27H27BrCl2N2O2S. The van der Waals surface area contributed by atoms with Crippen LogP contribution in [0.3, 0.4) is 0 Å². The molecule has 8 heteroatoms. The lowest BCUT2D eigenvalue weighted by molar-refractivity contribution is 0.177. The topological polar surface area (TPSA) is 24.9 Å². The van der Waals surface area contributed by atoms with Gasteiger partial charge < -0.3 is 14.4 Å². The maximum atomic E-state index is 6.31. The van der Waals surface area contributed by atoms with E-state index in [1.54, 1.807) is 12.1 Å². The van der Waals surface area contributed by atoms with E-state index in [2.05, 4.69) is 56.1 Å². The van der Waals surface area contributed by atoms with Crippen LogP contribution in [-0.4, -0.2) is 47.6 Å². The van der Waals surface area contributed by atoms with E-state index in [0.29, 0.717) is 34.8 Å². The van der Waals surface area contributed by atoms with Crippen molar-refractivity contribution < 1.29 is 9.47 Å². The zero-order valence-corrected chi connectivity index (χ0v) is 23.4. The minimum absolute atomic E-state index is 0.293. The second-order valence-electron chi connectivity index (χ2n) is 8.30. The maximum absolute atomic E-state index is 6.31. The van der Waals surface area contributed by atoms with Gasteiger partial charge in [0.1, 0.15) is 11.6 Å². The summed E-state index contributed by atoms with van der Waals surface area (Å²) in [5, 5.41) is 1.16. The van der Waals surface area contributed by atoms with Gasteiger partial charge in [0.25, 0.3) is 0 Å². The summed E-state index contributed by atoms with van der Waals surface area (Å²) in [6.07, 6.45) is 0. The molecule has 0 N–H and O–H groups in total. The zero-order chi connectivity index (χ0) is 24.8. The summed E-state index contributed by atoms with van der Waals surface area (Å²) >= 11 is 21.9. The van der Waals surface area contributed by atoms with E-state index in [1.165, 1.54) is 5.56 Å². The summed E-state index contributed by atoms with van der Waals surface area (Å²) in [5.41, 5.74) is 3.12. The van der Waals surface area contributed by atoms with Gasteiger partial charge >= 0.3 is 0 Å². The average Bonchev–Trinajstić information content (AvgIpc) is 2.85. The van der Waals surface area contributed by atoms with Gasteiger partial charge in [-0.3, -0.25) is 4.90 Å². The van der Waals surface area contributed by atoms with Crippen LogP contribution in [0.5, 0.6) is 11.5 Å². The average molecular weight is 594 g/mol. The first-order chi connectivity index (χ1) is 16.9. The third-order valence-corrected chi connectivity index (χ3v) is 7.52. The second-order valence-corrected chi connectivity index (χ2v) is 10.4. The molecule has 0 aromatic heterocycles. The van der Waals surface area contributed by atoms with Gasteiger partial charge in [0, 0.05) is 53.9 Å². The molecule has 0 amide bonds. The Labute approximate surface area is 230 Å². The van der Waals surface area contributed by atoms with E-state index < -0.39 is 0 Å². The minimum atomic E-state index is 0.293. The van der Waals surface area contributed by atoms with Crippen molar-refractivity contribution in [3.05, 3.63) is 91.9 Å². The van der Waals surface area contributed by atoms with Crippen molar-refractivity contribution in [3.63, 3.8) is 0 Å². The first-order valence-electron chi connectivity index (χ1n) is 11.5. The quantitative estimate of drug-likeness (QED) is 0.257. The highest BCUT2D eigenvalue weighted by atomic mass is 79.9. The molecule has 3 aromatic rings. The van der Waals surface area contributed by atoms with Crippen LogP contribution in [0.15, 0.2) is 65.1 Å². The largest absolute Gasteiger partial charge is 0.490 e. The maximum Gasteiger partial charge on any atom is 0.175 e. The Morgan fingerprint density at radius 1 is 0.971 bits per heavy atom. The van der Waals surface area contributed by atoms with E-state index in [1.807, 2.05) is 25.1 Å². The number of halogens is 3. The Morgan fingerprint density at radius 3 is 2.40 bits per heavy atom. The fraction of sp³-hybridized carbons (Fsp3) is 0.296. The fourth-order valence-corrected chi connectivity index (χ4v) is 5.34. The molecular weight excluding hydrogens is 567 g/mol. The third-order valence-electron chi connectivity index (χ3n) is 5.85. The molecule has 1 fully saturated rings. The van der Waals surface area contributed by atoms with Crippen LogP contribution in [0, 0.1) is 0 Å². The van der Waals surface area contributed by atoms with Gasteiger partial charge in [0.2, 0.25) is 0 Å². The lowest BCUT2D eigenvalue weighted by Gasteiger charge is -2.36. The molecule has 4 rings (SSSR count). The normalized spacial score (nSPS) is 14.1.